The molecule has 0 aliphatic heterocycles. The van der Waals surface area contributed by atoms with Gasteiger partial charge in [0.15, 0.2) is 0 Å². The first-order valence-corrected chi connectivity index (χ1v) is 7.30. The SMILES string of the molecule is CCNC(COC(C)C)c1ccc(I)c(Cl)c1. The van der Waals surface area contributed by atoms with Gasteiger partial charge in [-0.1, -0.05) is 24.6 Å². The smallest absolute Gasteiger partial charge is 0.0664 e. The first kappa shape index (κ1) is 15.2. The van der Waals surface area contributed by atoms with E-state index in [1.807, 2.05) is 26.0 Å². The van der Waals surface area contributed by atoms with Gasteiger partial charge in [-0.3, -0.25) is 0 Å². The molecule has 0 aromatic heterocycles. The Kier molecular flexibility index (Phi) is 6.77. The topological polar surface area (TPSA) is 21.3 Å². The van der Waals surface area contributed by atoms with Gasteiger partial charge >= 0.3 is 0 Å². The minimum Gasteiger partial charge on any atom is -0.377 e. The van der Waals surface area contributed by atoms with E-state index in [4.69, 9.17) is 16.3 Å². The molecule has 0 saturated heterocycles. The summed E-state index contributed by atoms with van der Waals surface area (Å²) in [5, 5.41) is 4.22. The first-order chi connectivity index (χ1) is 8.04. The van der Waals surface area contributed by atoms with E-state index in [0.29, 0.717) is 6.61 Å². The fourth-order valence-corrected chi connectivity index (χ4v) is 2.06. The van der Waals surface area contributed by atoms with Gasteiger partial charge in [-0.2, -0.15) is 0 Å². The number of hydrogen-bond acceptors (Lipinski definition) is 2. The molecule has 0 amide bonds. The largest absolute Gasteiger partial charge is 0.377 e. The van der Waals surface area contributed by atoms with Gasteiger partial charge < -0.3 is 10.1 Å². The molecule has 0 spiro atoms. The molecule has 0 saturated carbocycles. The van der Waals surface area contributed by atoms with Crippen molar-refractivity contribution in [1.29, 1.82) is 0 Å². The summed E-state index contributed by atoms with van der Waals surface area (Å²) in [6.07, 6.45) is 0.246. The van der Waals surface area contributed by atoms with Crippen LogP contribution in [0.25, 0.3) is 0 Å². The lowest BCUT2D eigenvalue weighted by Gasteiger charge is -2.20. The summed E-state index contributed by atoms with van der Waals surface area (Å²) in [7, 11) is 0. The molecule has 0 aliphatic rings. The highest BCUT2D eigenvalue weighted by Crippen LogP contribution is 2.23. The Labute approximate surface area is 122 Å². The molecule has 1 N–H and O–H groups in total. The highest BCUT2D eigenvalue weighted by Gasteiger charge is 2.12. The second-order valence-corrected chi connectivity index (χ2v) is 5.74. The van der Waals surface area contributed by atoms with Crippen LogP contribution in [0.4, 0.5) is 0 Å². The fourth-order valence-electron chi connectivity index (χ4n) is 1.54. The molecule has 2 nitrogen and oxygen atoms in total. The lowest BCUT2D eigenvalue weighted by Crippen LogP contribution is -2.26. The van der Waals surface area contributed by atoms with Gasteiger partial charge in [-0.25, -0.2) is 0 Å². The Morgan fingerprint density at radius 1 is 1.41 bits per heavy atom. The first-order valence-electron chi connectivity index (χ1n) is 5.84. The molecule has 1 unspecified atom stereocenters. The maximum Gasteiger partial charge on any atom is 0.0664 e. The van der Waals surface area contributed by atoms with E-state index in [9.17, 15) is 0 Å². The average molecular weight is 368 g/mol. The van der Waals surface area contributed by atoms with Crippen LogP contribution in [0.3, 0.4) is 0 Å². The van der Waals surface area contributed by atoms with Gasteiger partial charge in [-0.15, -0.1) is 0 Å². The van der Waals surface area contributed by atoms with E-state index in [1.54, 1.807) is 0 Å². The summed E-state index contributed by atoms with van der Waals surface area (Å²) in [6, 6.07) is 6.36. The number of halogens is 2. The number of likely N-dealkylation sites (N-methyl/N-ethyl adjacent to an activating group) is 1. The average Bonchev–Trinajstić information content (AvgIpc) is 2.28. The molecule has 1 aromatic carbocycles. The maximum absolute atomic E-state index is 6.14. The third kappa shape index (κ3) is 5.12. The van der Waals surface area contributed by atoms with E-state index in [-0.39, 0.29) is 12.1 Å². The van der Waals surface area contributed by atoms with Crippen LogP contribution >= 0.6 is 34.2 Å². The summed E-state index contributed by atoms with van der Waals surface area (Å²) in [5.41, 5.74) is 1.18. The minimum atomic E-state index is 0.205. The summed E-state index contributed by atoms with van der Waals surface area (Å²) < 4.78 is 6.75. The molecule has 0 bridgehead atoms. The van der Waals surface area contributed by atoms with Crippen molar-refractivity contribution in [3.8, 4) is 0 Å². The van der Waals surface area contributed by atoms with Gasteiger partial charge in [0.25, 0.3) is 0 Å². The molecule has 17 heavy (non-hydrogen) atoms. The molecule has 0 heterocycles. The van der Waals surface area contributed by atoms with Crippen LogP contribution in [0.2, 0.25) is 5.02 Å². The number of ether oxygens (including phenoxy) is 1. The molecule has 1 aromatic rings. The van der Waals surface area contributed by atoms with Crippen molar-refractivity contribution in [3.63, 3.8) is 0 Å². The van der Waals surface area contributed by atoms with E-state index in [0.717, 1.165) is 15.1 Å². The van der Waals surface area contributed by atoms with Gasteiger partial charge in [-0.05, 0) is 60.7 Å². The molecule has 4 heteroatoms. The van der Waals surface area contributed by atoms with Crippen molar-refractivity contribution in [2.45, 2.75) is 32.9 Å². The second-order valence-electron chi connectivity index (χ2n) is 4.17. The van der Waals surface area contributed by atoms with Crippen molar-refractivity contribution in [2.24, 2.45) is 0 Å². The van der Waals surface area contributed by atoms with Crippen molar-refractivity contribution in [1.82, 2.24) is 5.32 Å². The van der Waals surface area contributed by atoms with Crippen molar-refractivity contribution in [2.75, 3.05) is 13.2 Å². The van der Waals surface area contributed by atoms with Crippen LogP contribution in [0.5, 0.6) is 0 Å². The Morgan fingerprint density at radius 3 is 2.65 bits per heavy atom. The summed E-state index contributed by atoms with van der Waals surface area (Å²) >= 11 is 8.38. The molecular weight excluding hydrogens is 349 g/mol. The van der Waals surface area contributed by atoms with Gasteiger partial charge in [0.1, 0.15) is 0 Å². The summed E-state index contributed by atoms with van der Waals surface area (Å²) in [6.45, 7) is 7.77. The molecule has 1 atom stereocenters. The monoisotopic (exact) mass is 367 g/mol. The van der Waals surface area contributed by atoms with Crippen molar-refractivity contribution < 1.29 is 4.74 Å². The van der Waals surface area contributed by atoms with Crippen LogP contribution in [0.1, 0.15) is 32.4 Å². The normalized spacial score (nSPS) is 13.1. The fraction of sp³-hybridized carbons (Fsp3) is 0.538. The zero-order valence-electron chi connectivity index (χ0n) is 10.5. The van der Waals surface area contributed by atoms with Crippen LogP contribution < -0.4 is 5.32 Å². The third-order valence-corrected chi connectivity index (χ3v) is 3.97. The van der Waals surface area contributed by atoms with Gasteiger partial charge in [0.05, 0.1) is 23.8 Å². The Bertz CT molecular complexity index is 357. The summed E-state index contributed by atoms with van der Waals surface area (Å²) in [5.74, 6) is 0. The predicted molar refractivity (Wildman–Crippen MR) is 81.7 cm³/mol. The Morgan fingerprint density at radius 2 is 2.12 bits per heavy atom. The zero-order valence-corrected chi connectivity index (χ0v) is 13.4. The Balaban J connectivity index is 2.77. The zero-order chi connectivity index (χ0) is 12.8. The number of benzene rings is 1. The van der Waals surface area contributed by atoms with E-state index >= 15 is 0 Å². The maximum atomic E-state index is 6.14. The van der Waals surface area contributed by atoms with E-state index in [2.05, 4.69) is 40.9 Å². The van der Waals surface area contributed by atoms with Crippen LogP contribution in [0, 0.1) is 3.57 Å². The molecule has 0 radical (unpaired) electrons. The quantitative estimate of drug-likeness (QED) is 0.767. The molecular formula is C13H19ClINO. The summed E-state index contributed by atoms with van der Waals surface area (Å²) in [4.78, 5) is 0. The molecule has 0 fully saturated rings. The second kappa shape index (κ2) is 7.56. The van der Waals surface area contributed by atoms with Crippen LogP contribution in [-0.4, -0.2) is 19.3 Å². The molecule has 96 valence electrons. The predicted octanol–water partition coefficient (Wildman–Crippen LogP) is 4.02. The highest BCUT2D eigenvalue weighted by atomic mass is 127. The molecule has 0 aliphatic carbocycles. The van der Waals surface area contributed by atoms with Crippen LogP contribution in [-0.2, 0) is 4.74 Å². The Hall–Kier alpha value is 0.160. The van der Waals surface area contributed by atoms with E-state index in [1.165, 1.54) is 5.56 Å². The highest BCUT2D eigenvalue weighted by molar-refractivity contribution is 14.1. The minimum absolute atomic E-state index is 0.205. The number of hydrogen-bond donors (Lipinski definition) is 1. The van der Waals surface area contributed by atoms with Gasteiger partial charge in [0, 0.05) is 3.57 Å². The van der Waals surface area contributed by atoms with Crippen LogP contribution in [0.15, 0.2) is 18.2 Å². The number of rotatable bonds is 6. The van der Waals surface area contributed by atoms with Gasteiger partial charge in [0.2, 0.25) is 0 Å². The molecule has 1 rings (SSSR count). The number of nitrogens with one attached hydrogen (secondary N) is 1. The van der Waals surface area contributed by atoms with E-state index < -0.39 is 0 Å². The lowest BCUT2D eigenvalue weighted by molar-refractivity contribution is 0.0614. The third-order valence-electron chi connectivity index (χ3n) is 2.39. The lowest BCUT2D eigenvalue weighted by atomic mass is 10.1. The standard InChI is InChI=1S/C13H19ClINO/c1-4-16-13(8-17-9(2)3)10-5-6-12(15)11(14)7-10/h5-7,9,13,16H,4,8H2,1-3H3. The van der Waals surface area contributed by atoms with Crippen molar-refractivity contribution >= 4 is 34.2 Å². The van der Waals surface area contributed by atoms with Crippen molar-refractivity contribution in [3.05, 3.63) is 32.4 Å².